The summed E-state index contributed by atoms with van der Waals surface area (Å²) >= 11 is 1.45. The number of Topliss-reactive ketones (excluding diaryl/α,β-unsaturated/α-hetero) is 1. The van der Waals surface area contributed by atoms with Gasteiger partial charge in [-0.25, -0.2) is 9.97 Å². The summed E-state index contributed by atoms with van der Waals surface area (Å²) < 4.78 is 5.18. The van der Waals surface area contributed by atoms with Gasteiger partial charge in [-0.1, -0.05) is 0 Å². The second-order valence-electron chi connectivity index (χ2n) is 5.66. The van der Waals surface area contributed by atoms with Crippen LogP contribution in [0, 0.1) is 0 Å². The minimum absolute atomic E-state index is 0.0774. The van der Waals surface area contributed by atoms with Crippen LogP contribution in [0.1, 0.15) is 16.6 Å². The summed E-state index contributed by atoms with van der Waals surface area (Å²) in [6, 6.07) is 11.6. The van der Waals surface area contributed by atoms with Crippen LogP contribution in [-0.2, 0) is 0 Å². The third-order valence-electron chi connectivity index (χ3n) is 3.98. The Hall–Kier alpha value is -2.99. The van der Waals surface area contributed by atoms with Gasteiger partial charge in [-0.2, -0.15) is 0 Å². The normalized spacial score (nSPS) is 11.0. The van der Waals surface area contributed by atoms with Crippen molar-refractivity contribution in [3.63, 3.8) is 0 Å². The highest BCUT2D eigenvalue weighted by Gasteiger charge is 2.10. The predicted molar refractivity (Wildman–Crippen MR) is 99.2 cm³/mol. The molecule has 0 atom stereocenters. The van der Waals surface area contributed by atoms with E-state index in [1.807, 2.05) is 41.8 Å². The number of fused-ring (bicyclic) bond motifs is 1. The average Bonchev–Trinajstić information content (AvgIpc) is 3.28. The number of rotatable bonds is 4. The first-order valence-electron chi connectivity index (χ1n) is 7.74. The van der Waals surface area contributed by atoms with Gasteiger partial charge in [0.1, 0.15) is 11.6 Å². The Morgan fingerprint density at radius 3 is 2.60 bits per heavy atom. The van der Waals surface area contributed by atoms with Gasteiger partial charge in [0, 0.05) is 17.3 Å². The number of carbonyl (C=O) groups is 1. The van der Waals surface area contributed by atoms with Crippen LogP contribution in [0.15, 0.2) is 48.0 Å². The molecule has 0 unspecified atom stereocenters. The summed E-state index contributed by atoms with van der Waals surface area (Å²) in [4.78, 5) is 24.5. The number of imidazole rings is 1. The molecule has 3 heterocycles. The molecule has 4 rings (SSSR count). The Morgan fingerprint density at radius 2 is 1.92 bits per heavy atom. The molecule has 0 aliphatic rings. The second-order valence-corrected chi connectivity index (χ2v) is 6.58. The van der Waals surface area contributed by atoms with Crippen molar-refractivity contribution in [1.29, 1.82) is 0 Å². The SMILES string of the molecule is COc1ccc(-c2nc3ncc(-c4csc(C(C)=O)c4)cc3[nH]2)cc1. The van der Waals surface area contributed by atoms with Gasteiger partial charge in [-0.05, 0) is 54.3 Å². The number of nitrogens with zero attached hydrogens (tertiary/aromatic N) is 2. The third kappa shape index (κ3) is 2.92. The molecule has 5 nitrogen and oxygen atoms in total. The Labute approximate surface area is 148 Å². The molecule has 0 fully saturated rings. The largest absolute Gasteiger partial charge is 0.497 e. The van der Waals surface area contributed by atoms with Crippen LogP contribution >= 0.6 is 11.3 Å². The summed E-state index contributed by atoms with van der Waals surface area (Å²) in [6.07, 6.45) is 1.78. The molecule has 124 valence electrons. The van der Waals surface area contributed by atoms with Gasteiger partial charge in [-0.3, -0.25) is 4.79 Å². The van der Waals surface area contributed by atoms with Crippen LogP contribution < -0.4 is 4.74 Å². The molecule has 6 heteroatoms. The number of aromatic amines is 1. The zero-order chi connectivity index (χ0) is 17.4. The molecule has 25 heavy (non-hydrogen) atoms. The van der Waals surface area contributed by atoms with E-state index in [0.29, 0.717) is 5.65 Å². The third-order valence-corrected chi connectivity index (χ3v) is 5.01. The van der Waals surface area contributed by atoms with E-state index >= 15 is 0 Å². The Morgan fingerprint density at radius 1 is 1.12 bits per heavy atom. The highest BCUT2D eigenvalue weighted by molar-refractivity contribution is 7.12. The van der Waals surface area contributed by atoms with Crippen LogP contribution in [0.5, 0.6) is 5.75 Å². The van der Waals surface area contributed by atoms with Gasteiger partial charge in [0.15, 0.2) is 11.4 Å². The number of ether oxygens (including phenoxy) is 1. The number of pyridine rings is 1. The summed E-state index contributed by atoms with van der Waals surface area (Å²) in [5.41, 5.74) is 4.44. The lowest BCUT2D eigenvalue weighted by Crippen LogP contribution is -1.85. The van der Waals surface area contributed by atoms with Crippen molar-refractivity contribution in [1.82, 2.24) is 15.0 Å². The van der Waals surface area contributed by atoms with Crippen LogP contribution in [0.4, 0.5) is 0 Å². The molecular formula is C19H15N3O2S. The molecule has 0 saturated heterocycles. The topological polar surface area (TPSA) is 67.9 Å². The van der Waals surface area contributed by atoms with Gasteiger partial charge in [0.25, 0.3) is 0 Å². The van der Waals surface area contributed by atoms with E-state index in [4.69, 9.17) is 4.74 Å². The summed E-state index contributed by atoms with van der Waals surface area (Å²) in [5.74, 6) is 1.64. The van der Waals surface area contributed by atoms with Crippen molar-refractivity contribution in [3.05, 3.63) is 52.9 Å². The van der Waals surface area contributed by atoms with Crippen LogP contribution in [-0.4, -0.2) is 27.8 Å². The molecule has 0 aliphatic heterocycles. The molecule has 0 bridgehead atoms. The number of nitrogens with one attached hydrogen (secondary N) is 1. The number of methoxy groups -OCH3 is 1. The first kappa shape index (κ1) is 15.5. The number of H-pyrrole nitrogens is 1. The van der Waals surface area contributed by atoms with Crippen molar-refractivity contribution < 1.29 is 9.53 Å². The van der Waals surface area contributed by atoms with Gasteiger partial charge in [0.05, 0.1) is 17.5 Å². The maximum atomic E-state index is 11.5. The molecule has 0 aliphatic carbocycles. The maximum absolute atomic E-state index is 11.5. The van der Waals surface area contributed by atoms with Crippen molar-refractivity contribution in [3.8, 4) is 28.3 Å². The molecule has 1 N–H and O–H groups in total. The highest BCUT2D eigenvalue weighted by atomic mass is 32.1. The Kier molecular flexibility index (Phi) is 3.82. The van der Waals surface area contributed by atoms with Crippen LogP contribution in [0.25, 0.3) is 33.7 Å². The molecule has 0 saturated carbocycles. The van der Waals surface area contributed by atoms with Gasteiger partial charge >= 0.3 is 0 Å². The minimum Gasteiger partial charge on any atom is -0.497 e. The van der Waals surface area contributed by atoms with E-state index in [-0.39, 0.29) is 5.78 Å². The minimum atomic E-state index is 0.0774. The summed E-state index contributed by atoms with van der Waals surface area (Å²) in [5, 5.41) is 1.97. The van der Waals surface area contributed by atoms with E-state index in [1.165, 1.54) is 11.3 Å². The first-order valence-corrected chi connectivity index (χ1v) is 8.62. The second kappa shape index (κ2) is 6.14. The van der Waals surface area contributed by atoms with Crippen LogP contribution in [0.3, 0.4) is 0 Å². The lowest BCUT2D eigenvalue weighted by atomic mass is 10.1. The maximum Gasteiger partial charge on any atom is 0.178 e. The van der Waals surface area contributed by atoms with Crippen LogP contribution in [0.2, 0.25) is 0 Å². The average molecular weight is 349 g/mol. The summed E-state index contributed by atoms with van der Waals surface area (Å²) in [7, 11) is 1.64. The van der Waals surface area contributed by atoms with Crippen molar-refractivity contribution in [2.75, 3.05) is 7.11 Å². The van der Waals surface area contributed by atoms with E-state index < -0.39 is 0 Å². The van der Waals surface area contributed by atoms with Crippen molar-refractivity contribution in [2.24, 2.45) is 0 Å². The summed E-state index contributed by atoms with van der Waals surface area (Å²) in [6.45, 7) is 1.58. The number of hydrogen-bond donors (Lipinski definition) is 1. The van der Waals surface area contributed by atoms with E-state index in [1.54, 1.807) is 20.2 Å². The first-order chi connectivity index (χ1) is 12.1. The number of carbonyl (C=O) groups excluding carboxylic acids is 1. The number of thiophene rings is 1. The smallest absolute Gasteiger partial charge is 0.178 e. The highest BCUT2D eigenvalue weighted by Crippen LogP contribution is 2.28. The number of ketones is 1. The van der Waals surface area contributed by atoms with E-state index in [2.05, 4.69) is 15.0 Å². The number of aromatic nitrogens is 3. The standard InChI is InChI=1S/C19H15N3O2S/c1-11(23)17-8-14(10-25-17)13-7-16-19(20-9-13)22-18(21-16)12-3-5-15(24-2)6-4-12/h3-10H,1-2H3,(H,20,21,22). The fraction of sp³-hybridized carbons (Fsp3) is 0.105. The van der Waals surface area contributed by atoms with Crippen molar-refractivity contribution in [2.45, 2.75) is 6.92 Å². The lowest BCUT2D eigenvalue weighted by Gasteiger charge is -2.00. The number of benzene rings is 1. The quantitative estimate of drug-likeness (QED) is 0.548. The van der Waals surface area contributed by atoms with Gasteiger partial charge in [0.2, 0.25) is 0 Å². The Balaban J connectivity index is 1.72. The lowest BCUT2D eigenvalue weighted by molar-refractivity contribution is 0.102. The fourth-order valence-corrected chi connectivity index (χ4v) is 3.43. The van der Waals surface area contributed by atoms with Gasteiger partial charge in [-0.15, -0.1) is 11.3 Å². The van der Waals surface area contributed by atoms with Gasteiger partial charge < -0.3 is 9.72 Å². The molecule has 0 radical (unpaired) electrons. The zero-order valence-electron chi connectivity index (χ0n) is 13.7. The Bertz CT molecular complexity index is 1060. The number of hydrogen-bond acceptors (Lipinski definition) is 5. The van der Waals surface area contributed by atoms with Crippen molar-refractivity contribution >= 4 is 28.3 Å². The van der Waals surface area contributed by atoms with E-state index in [9.17, 15) is 4.79 Å². The van der Waals surface area contributed by atoms with E-state index in [0.717, 1.165) is 38.7 Å². The molecule has 0 amide bonds. The monoisotopic (exact) mass is 349 g/mol. The fourth-order valence-electron chi connectivity index (χ4n) is 2.62. The molecule has 1 aromatic carbocycles. The molecule has 0 spiro atoms. The predicted octanol–water partition coefficient (Wildman–Crippen LogP) is 4.56. The molecular weight excluding hydrogens is 334 g/mol. The zero-order valence-corrected chi connectivity index (χ0v) is 14.6. The molecule has 4 aromatic rings. The molecule has 3 aromatic heterocycles.